The number of carbonyl (C=O) groups excluding carboxylic acids is 1. The molecule has 1 aromatic carbocycles. The quantitative estimate of drug-likeness (QED) is 0.882. The highest BCUT2D eigenvalue weighted by Gasteiger charge is 2.25. The van der Waals surface area contributed by atoms with Crippen molar-refractivity contribution in [1.82, 2.24) is 5.32 Å². The molecule has 2 aliphatic rings. The molecule has 1 atom stereocenters. The fraction of sp³-hybridized carbons (Fsp3) is 0.562. The monoisotopic (exact) mass is 258 g/mol. The molecule has 1 amide bonds. The Labute approximate surface area is 115 Å². The van der Waals surface area contributed by atoms with Crippen LogP contribution in [0.1, 0.15) is 30.4 Å². The van der Waals surface area contributed by atoms with Crippen LogP contribution < -0.4 is 10.2 Å². The molecule has 0 aromatic heterocycles. The van der Waals surface area contributed by atoms with E-state index in [4.69, 9.17) is 0 Å². The van der Waals surface area contributed by atoms with Gasteiger partial charge in [-0.05, 0) is 56.8 Å². The number of nitrogens with zero attached hydrogens (tertiary/aromatic N) is 1. The Bertz CT molecular complexity index is 478. The lowest BCUT2D eigenvalue weighted by Crippen LogP contribution is -2.36. The predicted octanol–water partition coefficient (Wildman–Crippen LogP) is 2.27. The van der Waals surface area contributed by atoms with Gasteiger partial charge in [-0.3, -0.25) is 4.79 Å². The topological polar surface area (TPSA) is 32.3 Å². The van der Waals surface area contributed by atoms with Gasteiger partial charge in [0, 0.05) is 18.7 Å². The van der Waals surface area contributed by atoms with Gasteiger partial charge in [-0.15, -0.1) is 0 Å². The van der Waals surface area contributed by atoms with Crippen LogP contribution in [0, 0.1) is 12.8 Å². The minimum Gasteiger partial charge on any atom is -0.316 e. The fourth-order valence-electron chi connectivity index (χ4n) is 3.23. The van der Waals surface area contributed by atoms with E-state index in [0.29, 0.717) is 18.2 Å². The second-order valence-corrected chi connectivity index (χ2v) is 5.84. The lowest BCUT2D eigenvalue weighted by molar-refractivity contribution is -0.119. The minimum atomic E-state index is 0.304. The third-order valence-electron chi connectivity index (χ3n) is 4.28. The number of carbonyl (C=O) groups is 1. The zero-order chi connectivity index (χ0) is 13.2. The van der Waals surface area contributed by atoms with E-state index in [1.54, 1.807) is 0 Å². The van der Waals surface area contributed by atoms with Crippen LogP contribution in [0.3, 0.4) is 0 Å². The summed E-state index contributed by atoms with van der Waals surface area (Å²) in [6.45, 7) is 5.06. The predicted molar refractivity (Wildman–Crippen MR) is 77.4 cm³/mol. The van der Waals surface area contributed by atoms with Crippen molar-refractivity contribution in [2.24, 2.45) is 5.92 Å². The third kappa shape index (κ3) is 2.66. The lowest BCUT2D eigenvalue weighted by Gasteiger charge is -2.30. The van der Waals surface area contributed by atoms with E-state index in [1.807, 2.05) is 4.90 Å². The molecule has 0 bridgehead atoms. The van der Waals surface area contributed by atoms with Gasteiger partial charge in [-0.25, -0.2) is 0 Å². The molecular weight excluding hydrogens is 236 g/mol. The summed E-state index contributed by atoms with van der Waals surface area (Å²) in [5.74, 6) is 0.835. The summed E-state index contributed by atoms with van der Waals surface area (Å²) in [6, 6.07) is 6.46. The smallest absolute Gasteiger partial charge is 0.227 e. The first-order chi connectivity index (χ1) is 9.24. The molecule has 19 heavy (non-hydrogen) atoms. The number of benzene rings is 1. The van der Waals surface area contributed by atoms with Gasteiger partial charge < -0.3 is 10.2 Å². The maximum atomic E-state index is 12.5. The molecule has 0 saturated carbocycles. The van der Waals surface area contributed by atoms with E-state index in [-0.39, 0.29) is 0 Å². The molecule has 1 fully saturated rings. The second-order valence-electron chi connectivity index (χ2n) is 5.84. The first kappa shape index (κ1) is 12.7. The van der Waals surface area contributed by atoms with E-state index in [9.17, 15) is 4.79 Å². The molecular formula is C16H22N2O. The molecule has 102 valence electrons. The Morgan fingerprint density at radius 3 is 3.16 bits per heavy atom. The highest BCUT2D eigenvalue weighted by Crippen LogP contribution is 2.29. The van der Waals surface area contributed by atoms with Crippen LogP contribution in [-0.4, -0.2) is 25.5 Å². The summed E-state index contributed by atoms with van der Waals surface area (Å²) >= 11 is 0. The summed E-state index contributed by atoms with van der Waals surface area (Å²) in [5.41, 5.74) is 3.77. The third-order valence-corrected chi connectivity index (χ3v) is 4.28. The van der Waals surface area contributed by atoms with E-state index >= 15 is 0 Å². The number of nitrogens with one attached hydrogen (secondary N) is 1. The molecule has 0 aliphatic carbocycles. The summed E-state index contributed by atoms with van der Waals surface area (Å²) in [4.78, 5) is 14.5. The van der Waals surface area contributed by atoms with Crippen LogP contribution in [0.5, 0.6) is 0 Å². The maximum Gasteiger partial charge on any atom is 0.227 e. The summed E-state index contributed by atoms with van der Waals surface area (Å²) in [6.07, 6.45) is 4.03. The highest BCUT2D eigenvalue weighted by molar-refractivity contribution is 5.94. The van der Waals surface area contributed by atoms with Crippen molar-refractivity contribution >= 4 is 11.6 Å². The zero-order valence-corrected chi connectivity index (χ0v) is 11.6. The van der Waals surface area contributed by atoms with Gasteiger partial charge in [-0.1, -0.05) is 17.7 Å². The van der Waals surface area contributed by atoms with E-state index in [0.717, 1.165) is 44.6 Å². The van der Waals surface area contributed by atoms with E-state index in [1.165, 1.54) is 11.1 Å². The van der Waals surface area contributed by atoms with Gasteiger partial charge in [-0.2, -0.15) is 0 Å². The molecule has 1 saturated heterocycles. The number of aryl methyl sites for hydroxylation is 2. The summed E-state index contributed by atoms with van der Waals surface area (Å²) in [5, 5.41) is 3.34. The first-order valence-corrected chi connectivity index (χ1v) is 7.34. The van der Waals surface area contributed by atoms with Gasteiger partial charge >= 0.3 is 0 Å². The van der Waals surface area contributed by atoms with Gasteiger partial charge in [0.1, 0.15) is 0 Å². The number of rotatable bonds is 2. The number of anilines is 1. The maximum absolute atomic E-state index is 12.5. The van der Waals surface area contributed by atoms with Crippen LogP contribution in [0.4, 0.5) is 5.69 Å². The average molecular weight is 258 g/mol. The van der Waals surface area contributed by atoms with Crippen molar-refractivity contribution in [2.45, 2.75) is 32.6 Å². The fourth-order valence-corrected chi connectivity index (χ4v) is 3.23. The van der Waals surface area contributed by atoms with E-state index < -0.39 is 0 Å². The zero-order valence-electron chi connectivity index (χ0n) is 11.6. The van der Waals surface area contributed by atoms with Gasteiger partial charge in [0.15, 0.2) is 0 Å². The molecule has 2 heterocycles. The van der Waals surface area contributed by atoms with Crippen molar-refractivity contribution in [2.75, 3.05) is 24.5 Å². The standard InChI is InChI=1S/C16H22N2O/c1-12-4-5-15-14(9-12)3-2-8-18(15)16(19)10-13-6-7-17-11-13/h4-5,9,13,17H,2-3,6-8,10-11H2,1H3. The Morgan fingerprint density at radius 2 is 2.37 bits per heavy atom. The Morgan fingerprint density at radius 1 is 1.47 bits per heavy atom. The molecule has 0 radical (unpaired) electrons. The highest BCUT2D eigenvalue weighted by atomic mass is 16.2. The summed E-state index contributed by atoms with van der Waals surface area (Å²) in [7, 11) is 0. The van der Waals surface area contributed by atoms with Crippen LogP contribution in [0.15, 0.2) is 18.2 Å². The van der Waals surface area contributed by atoms with Crippen molar-refractivity contribution in [3.8, 4) is 0 Å². The number of hydrogen-bond donors (Lipinski definition) is 1. The van der Waals surface area contributed by atoms with Crippen molar-refractivity contribution in [3.05, 3.63) is 29.3 Å². The Balaban J connectivity index is 1.76. The van der Waals surface area contributed by atoms with Crippen molar-refractivity contribution in [1.29, 1.82) is 0 Å². The molecule has 0 spiro atoms. The molecule has 3 heteroatoms. The van der Waals surface area contributed by atoms with Crippen LogP contribution >= 0.6 is 0 Å². The number of hydrogen-bond acceptors (Lipinski definition) is 2. The van der Waals surface area contributed by atoms with Gasteiger partial charge in [0.2, 0.25) is 5.91 Å². The number of fused-ring (bicyclic) bond motifs is 1. The molecule has 2 aliphatic heterocycles. The van der Waals surface area contributed by atoms with Crippen LogP contribution in [0.2, 0.25) is 0 Å². The largest absolute Gasteiger partial charge is 0.316 e. The van der Waals surface area contributed by atoms with Crippen molar-refractivity contribution < 1.29 is 4.79 Å². The molecule has 1 N–H and O–H groups in total. The summed E-state index contributed by atoms with van der Waals surface area (Å²) < 4.78 is 0. The van der Waals surface area contributed by atoms with Gasteiger partial charge in [0.25, 0.3) is 0 Å². The normalized spacial score (nSPS) is 22.4. The Kier molecular flexibility index (Phi) is 3.56. The minimum absolute atomic E-state index is 0.304. The van der Waals surface area contributed by atoms with Crippen LogP contribution in [-0.2, 0) is 11.2 Å². The molecule has 3 nitrogen and oxygen atoms in total. The second kappa shape index (κ2) is 5.33. The van der Waals surface area contributed by atoms with Gasteiger partial charge in [0.05, 0.1) is 0 Å². The van der Waals surface area contributed by atoms with E-state index in [2.05, 4.69) is 30.4 Å². The molecule has 1 unspecified atom stereocenters. The molecule has 3 rings (SSSR count). The molecule has 1 aromatic rings. The lowest BCUT2D eigenvalue weighted by atomic mass is 9.97. The number of amides is 1. The van der Waals surface area contributed by atoms with Crippen molar-refractivity contribution in [3.63, 3.8) is 0 Å². The Hall–Kier alpha value is -1.35. The average Bonchev–Trinajstić information content (AvgIpc) is 2.90. The van der Waals surface area contributed by atoms with Crippen LogP contribution in [0.25, 0.3) is 0 Å². The first-order valence-electron chi connectivity index (χ1n) is 7.34. The SMILES string of the molecule is Cc1ccc2c(c1)CCCN2C(=O)CC1CCNC1.